The highest BCUT2D eigenvalue weighted by molar-refractivity contribution is 9.10. The summed E-state index contributed by atoms with van der Waals surface area (Å²) in [6, 6.07) is 16.5. The van der Waals surface area contributed by atoms with Crippen LogP contribution in [-0.2, 0) is 0 Å². The molecular formula is C22H18Br2N4. The highest BCUT2D eigenvalue weighted by atomic mass is 79.9. The number of guanidine groups is 1. The predicted molar refractivity (Wildman–Crippen MR) is 119 cm³/mol. The first-order valence-corrected chi connectivity index (χ1v) is 10.7. The Morgan fingerprint density at radius 2 is 1.71 bits per heavy atom. The fourth-order valence-electron chi connectivity index (χ4n) is 3.66. The van der Waals surface area contributed by atoms with E-state index in [9.17, 15) is 0 Å². The standard InChI is InChI=1S/C22H18Br2N4/c23-17-8-4-14(5-9-17)12-16-2-1-3-19-20(15-6-10-18(24)11-7-15)27-22(26-13-25)28-21(16)19/h4-12,20H,1-3H2,(H2,26,27,28)/b16-12+/t20-/m1/s1. The van der Waals surface area contributed by atoms with Crippen molar-refractivity contribution in [2.45, 2.75) is 25.3 Å². The molecule has 2 aromatic rings. The molecule has 0 unspecified atom stereocenters. The van der Waals surface area contributed by atoms with E-state index < -0.39 is 0 Å². The molecule has 28 heavy (non-hydrogen) atoms. The Morgan fingerprint density at radius 3 is 2.39 bits per heavy atom. The molecule has 1 atom stereocenters. The minimum absolute atomic E-state index is 0.0891. The number of nitrogens with one attached hydrogen (secondary N) is 2. The number of nitrogens with zero attached hydrogens (tertiary/aromatic N) is 2. The summed E-state index contributed by atoms with van der Waals surface area (Å²) in [5.41, 5.74) is 5.90. The van der Waals surface area contributed by atoms with E-state index in [0.717, 1.165) is 45.0 Å². The van der Waals surface area contributed by atoms with E-state index in [1.165, 1.54) is 11.1 Å². The maximum atomic E-state index is 9.11. The highest BCUT2D eigenvalue weighted by Gasteiger charge is 2.29. The molecule has 4 rings (SSSR count). The first kappa shape index (κ1) is 19.0. The van der Waals surface area contributed by atoms with Crippen LogP contribution in [0.2, 0.25) is 0 Å². The van der Waals surface area contributed by atoms with Gasteiger partial charge in [0.1, 0.15) is 6.04 Å². The molecule has 0 aromatic heterocycles. The Morgan fingerprint density at radius 1 is 1.04 bits per heavy atom. The number of benzene rings is 2. The van der Waals surface area contributed by atoms with Crippen LogP contribution in [0.5, 0.6) is 0 Å². The largest absolute Gasteiger partial charge is 0.325 e. The van der Waals surface area contributed by atoms with Crippen molar-refractivity contribution in [2.24, 2.45) is 4.99 Å². The lowest BCUT2D eigenvalue weighted by molar-refractivity contribution is 0.651. The Bertz CT molecular complexity index is 1010. The zero-order valence-corrected chi connectivity index (χ0v) is 18.2. The van der Waals surface area contributed by atoms with Crippen LogP contribution in [0.4, 0.5) is 0 Å². The van der Waals surface area contributed by atoms with Crippen LogP contribution in [0.25, 0.3) is 6.08 Å². The number of aliphatic imine (C=N–C) groups is 1. The van der Waals surface area contributed by atoms with E-state index in [1.807, 2.05) is 30.5 Å². The molecular weight excluding hydrogens is 480 g/mol. The third-order valence-corrected chi connectivity index (χ3v) is 5.99. The summed E-state index contributed by atoms with van der Waals surface area (Å²) in [6.45, 7) is 0. The minimum atomic E-state index is -0.0891. The fraction of sp³-hybridized carbons (Fsp3) is 0.182. The molecule has 0 saturated heterocycles. The average molecular weight is 498 g/mol. The fourth-order valence-corrected chi connectivity index (χ4v) is 4.19. The number of hydrogen-bond donors (Lipinski definition) is 2. The van der Waals surface area contributed by atoms with Crippen LogP contribution < -0.4 is 10.6 Å². The van der Waals surface area contributed by atoms with Crippen molar-refractivity contribution in [3.8, 4) is 6.19 Å². The van der Waals surface area contributed by atoms with Gasteiger partial charge in [0.25, 0.3) is 0 Å². The number of rotatable bonds is 2. The van der Waals surface area contributed by atoms with Crippen LogP contribution >= 0.6 is 31.9 Å². The molecule has 0 spiro atoms. The Balaban J connectivity index is 1.77. The van der Waals surface area contributed by atoms with Gasteiger partial charge >= 0.3 is 0 Å². The molecule has 0 amide bonds. The SMILES string of the molecule is N#CNC1=N[C@H](c2ccc(Br)cc2)C2=C(N1)/C(=C/c1ccc(Br)cc1)CCC2. The van der Waals surface area contributed by atoms with E-state index in [-0.39, 0.29) is 6.04 Å². The molecule has 1 aliphatic carbocycles. The maximum Gasteiger partial charge on any atom is 0.210 e. The number of halogens is 2. The normalized spacial score (nSPS) is 20.1. The van der Waals surface area contributed by atoms with Crippen molar-refractivity contribution in [1.82, 2.24) is 10.6 Å². The van der Waals surface area contributed by atoms with Crippen molar-refractivity contribution in [3.05, 3.63) is 85.4 Å². The van der Waals surface area contributed by atoms with Crippen molar-refractivity contribution in [1.29, 1.82) is 5.26 Å². The van der Waals surface area contributed by atoms with Crippen molar-refractivity contribution < 1.29 is 0 Å². The molecule has 4 nitrogen and oxygen atoms in total. The summed E-state index contributed by atoms with van der Waals surface area (Å²) in [6.07, 6.45) is 7.29. The Labute approximate surface area is 181 Å². The highest BCUT2D eigenvalue weighted by Crippen LogP contribution is 2.40. The van der Waals surface area contributed by atoms with Gasteiger partial charge in [-0.3, -0.25) is 5.32 Å². The first-order valence-electron chi connectivity index (χ1n) is 9.09. The van der Waals surface area contributed by atoms with Gasteiger partial charge in [0, 0.05) is 14.6 Å². The topological polar surface area (TPSA) is 60.2 Å². The molecule has 0 radical (unpaired) electrons. The van der Waals surface area contributed by atoms with Gasteiger partial charge in [-0.1, -0.05) is 56.1 Å². The first-order chi connectivity index (χ1) is 13.6. The van der Waals surface area contributed by atoms with Gasteiger partial charge < -0.3 is 5.32 Å². The monoisotopic (exact) mass is 496 g/mol. The number of nitriles is 1. The summed E-state index contributed by atoms with van der Waals surface area (Å²) in [5.74, 6) is 0.498. The van der Waals surface area contributed by atoms with Crippen LogP contribution in [0.15, 0.2) is 79.3 Å². The van der Waals surface area contributed by atoms with Crippen LogP contribution in [0.3, 0.4) is 0 Å². The van der Waals surface area contributed by atoms with E-state index in [4.69, 9.17) is 10.3 Å². The second kappa shape index (κ2) is 8.34. The van der Waals surface area contributed by atoms with Crippen molar-refractivity contribution in [2.75, 3.05) is 0 Å². The van der Waals surface area contributed by atoms with Gasteiger partial charge in [-0.2, -0.15) is 5.26 Å². The zero-order chi connectivity index (χ0) is 19.5. The summed E-state index contributed by atoms with van der Waals surface area (Å²) in [7, 11) is 0. The minimum Gasteiger partial charge on any atom is -0.325 e. The Kier molecular flexibility index (Phi) is 5.65. The lowest BCUT2D eigenvalue weighted by Gasteiger charge is -2.32. The second-order valence-corrected chi connectivity index (χ2v) is 8.60. The molecule has 2 N–H and O–H groups in total. The van der Waals surface area contributed by atoms with E-state index in [2.05, 4.69) is 72.8 Å². The number of allylic oxidation sites excluding steroid dienone is 1. The molecule has 6 heteroatoms. The van der Waals surface area contributed by atoms with Gasteiger partial charge in [-0.05, 0) is 71.9 Å². The summed E-state index contributed by atoms with van der Waals surface area (Å²) in [4.78, 5) is 4.77. The average Bonchev–Trinajstić information content (AvgIpc) is 2.70. The van der Waals surface area contributed by atoms with E-state index >= 15 is 0 Å². The lowest BCUT2D eigenvalue weighted by Crippen LogP contribution is -2.39. The molecule has 1 aliphatic heterocycles. The van der Waals surface area contributed by atoms with Gasteiger partial charge in [0.2, 0.25) is 5.96 Å². The van der Waals surface area contributed by atoms with Crippen LogP contribution in [0.1, 0.15) is 36.4 Å². The van der Waals surface area contributed by atoms with Crippen LogP contribution in [-0.4, -0.2) is 5.96 Å². The van der Waals surface area contributed by atoms with Gasteiger partial charge in [0.05, 0.1) is 0 Å². The molecule has 1 heterocycles. The van der Waals surface area contributed by atoms with Gasteiger partial charge in [0.15, 0.2) is 6.19 Å². The van der Waals surface area contributed by atoms with E-state index in [0.29, 0.717) is 5.96 Å². The third kappa shape index (κ3) is 4.06. The van der Waals surface area contributed by atoms with Gasteiger partial charge in [-0.25, -0.2) is 4.99 Å². The van der Waals surface area contributed by atoms with Crippen molar-refractivity contribution in [3.63, 3.8) is 0 Å². The second-order valence-electron chi connectivity index (χ2n) is 6.77. The smallest absolute Gasteiger partial charge is 0.210 e. The molecule has 0 fully saturated rings. The summed E-state index contributed by atoms with van der Waals surface area (Å²) in [5, 5.41) is 15.2. The number of hydrogen-bond acceptors (Lipinski definition) is 4. The summed E-state index contributed by atoms with van der Waals surface area (Å²) >= 11 is 6.99. The molecule has 0 saturated carbocycles. The lowest BCUT2D eigenvalue weighted by atomic mass is 9.84. The third-order valence-electron chi connectivity index (χ3n) is 4.94. The van der Waals surface area contributed by atoms with Crippen molar-refractivity contribution >= 4 is 43.9 Å². The Hall–Kier alpha value is -2.36. The maximum absolute atomic E-state index is 9.11. The quantitative estimate of drug-likeness (QED) is 0.407. The van der Waals surface area contributed by atoms with E-state index in [1.54, 1.807) is 0 Å². The van der Waals surface area contributed by atoms with Gasteiger partial charge in [-0.15, -0.1) is 0 Å². The zero-order valence-electron chi connectivity index (χ0n) is 15.0. The predicted octanol–water partition coefficient (Wildman–Crippen LogP) is 5.80. The molecule has 140 valence electrons. The van der Waals surface area contributed by atoms with Crippen LogP contribution in [0, 0.1) is 11.5 Å². The molecule has 2 aliphatic rings. The molecule has 0 bridgehead atoms. The molecule has 2 aromatic carbocycles. The summed E-state index contributed by atoms with van der Waals surface area (Å²) < 4.78 is 2.11.